The van der Waals surface area contributed by atoms with Crippen molar-refractivity contribution in [3.8, 4) is 17.2 Å². The first kappa shape index (κ1) is 37.8. The molecular formula is C43H32O14. The Hall–Kier alpha value is -7.45. The number of hydrogen-bond acceptors (Lipinski definition) is 14. The fraction of sp³-hybridized carbons (Fsp3) is 0.140. The van der Waals surface area contributed by atoms with Gasteiger partial charge in [-0.3, -0.25) is 0 Å². The fourth-order valence-corrected chi connectivity index (χ4v) is 5.98. The van der Waals surface area contributed by atoms with Crippen LogP contribution < -0.4 is 10.4 Å². The van der Waals surface area contributed by atoms with E-state index < -0.39 is 78.3 Å². The van der Waals surface area contributed by atoms with Gasteiger partial charge in [-0.2, -0.15) is 0 Å². The number of carbonyl (C=O) groups is 4. The summed E-state index contributed by atoms with van der Waals surface area (Å²) in [5, 5.41) is 20.2. The predicted octanol–water partition coefficient (Wildman–Crippen LogP) is 5.84. The second-order valence-corrected chi connectivity index (χ2v) is 12.6. The molecule has 6 aromatic rings. The van der Waals surface area contributed by atoms with E-state index in [1.54, 1.807) is 72.8 Å². The lowest BCUT2D eigenvalue weighted by molar-refractivity contribution is -0.275. The van der Waals surface area contributed by atoms with Gasteiger partial charge in [0.15, 0.2) is 18.0 Å². The molecule has 0 bridgehead atoms. The third-order valence-electron chi connectivity index (χ3n) is 8.82. The molecule has 0 spiro atoms. The number of fused-ring (bicyclic) bond motifs is 1. The minimum atomic E-state index is -1.70. The second kappa shape index (κ2) is 16.9. The lowest BCUT2D eigenvalue weighted by Crippen LogP contribution is -2.63. The molecule has 0 amide bonds. The van der Waals surface area contributed by atoms with Crippen molar-refractivity contribution in [3.63, 3.8) is 0 Å². The van der Waals surface area contributed by atoms with Crippen LogP contribution in [0.25, 0.3) is 11.0 Å². The summed E-state index contributed by atoms with van der Waals surface area (Å²) >= 11 is 0. The lowest BCUT2D eigenvalue weighted by atomic mass is 9.97. The van der Waals surface area contributed by atoms with Crippen LogP contribution in [0.15, 0.2) is 149 Å². The van der Waals surface area contributed by atoms with E-state index in [1.807, 2.05) is 0 Å². The van der Waals surface area contributed by atoms with Crippen molar-refractivity contribution in [3.05, 3.63) is 172 Å². The maximum absolute atomic E-state index is 13.8. The molecule has 5 atom stereocenters. The van der Waals surface area contributed by atoms with E-state index in [9.17, 15) is 34.2 Å². The van der Waals surface area contributed by atoms with E-state index in [1.165, 1.54) is 66.7 Å². The van der Waals surface area contributed by atoms with Crippen LogP contribution in [0.2, 0.25) is 0 Å². The van der Waals surface area contributed by atoms with Crippen LogP contribution in [-0.2, 0) is 23.7 Å². The number of aromatic hydroxyl groups is 2. The molecule has 14 heteroatoms. The number of rotatable bonds is 11. The fourth-order valence-electron chi connectivity index (χ4n) is 5.98. The highest BCUT2D eigenvalue weighted by molar-refractivity contribution is 5.92. The largest absolute Gasteiger partial charge is 0.504 e. The van der Waals surface area contributed by atoms with Crippen molar-refractivity contribution in [1.29, 1.82) is 0 Å². The first-order valence-corrected chi connectivity index (χ1v) is 17.5. The Bertz CT molecular complexity index is 2440. The van der Waals surface area contributed by atoms with Crippen LogP contribution in [0.3, 0.4) is 0 Å². The van der Waals surface area contributed by atoms with Gasteiger partial charge in [0, 0.05) is 6.07 Å². The molecule has 1 aliphatic heterocycles. The van der Waals surface area contributed by atoms with Crippen molar-refractivity contribution in [1.82, 2.24) is 0 Å². The van der Waals surface area contributed by atoms with Crippen LogP contribution in [0.4, 0.5) is 0 Å². The van der Waals surface area contributed by atoms with Crippen LogP contribution in [0, 0.1) is 0 Å². The molecule has 0 saturated carbocycles. The van der Waals surface area contributed by atoms with Crippen LogP contribution >= 0.6 is 0 Å². The van der Waals surface area contributed by atoms with Gasteiger partial charge in [0.2, 0.25) is 18.1 Å². The van der Waals surface area contributed by atoms with Gasteiger partial charge in [-0.1, -0.05) is 72.8 Å². The number of ether oxygens (including phenoxy) is 6. The Morgan fingerprint density at radius 3 is 1.51 bits per heavy atom. The van der Waals surface area contributed by atoms with Crippen molar-refractivity contribution < 1.29 is 62.2 Å². The van der Waals surface area contributed by atoms with Gasteiger partial charge in [-0.15, -0.1) is 0 Å². The van der Waals surface area contributed by atoms with Gasteiger partial charge in [-0.05, 0) is 60.7 Å². The number of esters is 4. The average molecular weight is 773 g/mol. The second-order valence-electron chi connectivity index (χ2n) is 12.6. The zero-order valence-electron chi connectivity index (χ0n) is 29.7. The van der Waals surface area contributed by atoms with E-state index >= 15 is 0 Å². The van der Waals surface area contributed by atoms with Crippen LogP contribution in [0.1, 0.15) is 41.4 Å². The average Bonchev–Trinajstić information content (AvgIpc) is 3.25. The summed E-state index contributed by atoms with van der Waals surface area (Å²) in [4.78, 5) is 66.6. The molecule has 2 heterocycles. The summed E-state index contributed by atoms with van der Waals surface area (Å²) in [5.41, 5.74) is -0.902. The van der Waals surface area contributed by atoms with Crippen molar-refractivity contribution in [2.75, 3.05) is 6.61 Å². The molecule has 2 N–H and O–H groups in total. The molecule has 5 aromatic carbocycles. The number of carbonyl (C=O) groups excluding carboxylic acids is 4. The SMILES string of the molecule is O=C(OC[C@H]1O[C@H](Oc2ccc3c(O)c(O)c(=O)oc3c2)[C@@H](OC(=O)c2ccccc2)[C@@H](OC(=O)c2ccccc2)[C@@H]1OC(=O)c1ccccc1)c1ccccc1. The first-order valence-electron chi connectivity index (χ1n) is 17.5. The summed E-state index contributed by atoms with van der Waals surface area (Å²) < 4.78 is 41.4. The zero-order chi connectivity index (χ0) is 39.9. The Balaban J connectivity index is 1.32. The summed E-state index contributed by atoms with van der Waals surface area (Å²) in [5.74, 6) is -5.22. The summed E-state index contributed by atoms with van der Waals surface area (Å²) in [7, 11) is 0. The van der Waals surface area contributed by atoms with E-state index in [4.69, 9.17) is 32.8 Å². The molecule has 288 valence electrons. The van der Waals surface area contributed by atoms with E-state index in [2.05, 4.69) is 0 Å². The molecular weight excluding hydrogens is 740 g/mol. The molecule has 57 heavy (non-hydrogen) atoms. The minimum Gasteiger partial charge on any atom is -0.504 e. The highest BCUT2D eigenvalue weighted by Crippen LogP contribution is 2.36. The Kier molecular flexibility index (Phi) is 11.2. The van der Waals surface area contributed by atoms with Crippen LogP contribution in [-0.4, -0.2) is 71.4 Å². The third kappa shape index (κ3) is 8.61. The van der Waals surface area contributed by atoms with Crippen molar-refractivity contribution in [2.45, 2.75) is 30.7 Å². The quantitative estimate of drug-likeness (QED) is 0.0906. The first-order chi connectivity index (χ1) is 27.7. The number of benzene rings is 5. The molecule has 1 fully saturated rings. The Morgan fingerprint density at radius 1 is 0.544 bits per heavy atom. The van der Waals surface area contributed by atoms with Gasteiger partial charge in [0.25, 0.3) is 0 Å². The van der Waals surface area contributed by atoms with Crippen molar-refractivity contribution >= 4 is 34.8 Å². The molecule has 0 unspecified atom stereocenters. The Labute approximate surface area is 323 Å². The van der Waals surface area contributed by atoms with E-state index in [-0.39, 0.29) is 39.0 Å². The van der Waals surface area contributed by atoms with Gasteiger partial charge < -0.3 is 43.1 Å². The predicted molar refractivity (Wildman–Crippen MR) is 199 cm³/mol. The molecule has 1 aromatic heterocycles. The molecule has 7 rings (SSSR count). The highest BCUT2D eigenvalue weighted by atomic mass is 16.7. The minimum absolute atomic E-state index is 0.0377. The maximum Gasteiger partial charge on any atom is 0.382 e. The molecule has 14 nitrogen and oxygen atoms in total. The smallest absolute Gasteiger partial charge is 0.382 e. The molecule has 1 aliphatic rings. The van der Waals surface area contributed by atoms with Gasteiger partial charge in [0.05, 0.1) is 27.6 Å². The van der Waals surface area contributed by atoms with Crippen LogP contribution in [0.5, 0.6) is 17.2 Å². The molecule has 0 radical (unpaired) electrons. The normalized spacial score (nSPS) is 18.8. The topological polar surface area (TPSA) is 194 Å². The van der Waals surface area contributed by atoms with Gasteiger partial charge in [-0.25, -0.2) is 24.0 Å². The summed E-state index contributed by atoms with van der Waals surface area (Å²) in [6.45, 7) is -0.585. The highest BCUT2D eigenvalue weighted by Gasteiger charge is 2.54. The summed E-state index contributed by atoms with van der Waals surface area (Å²) in [6, 6.07) is 35.5. The lowest BCUT2D eigenvalue weighted by Gasteiger charge is -2.44. The summed E-state index contributed by atoms with van der Waals surface area (Å²) in [6.07, 6.45) is -8.12. The third-order valence-corrected chi connectivity index (χ3v) is 8.82. The molecule has 0 aliphatic carbocycles. The molecule has 1 saturated heterocycles. The standard InChI is InChI=1S/C43H32O14/c44-33-30-22-21-29(23-31(30)53-42(50)34(33)45)52-43-37(57-41(49)28-19-11-4-12-20-28)36(56-40(48)27-17-9-3-10-18-27)35(55-39(47)26-15-7-2-8-16-26)32(54-43)24-51-38(46)25-13-5-1-6-14-25/h1-23,32,35-37,43-45H,24H2/t32-,35-,36+,37+,43+/m1/s1. The number of hydrogen-bond donors (Lipinski definition) is 2. The van der Waals surface area contributed by atoms with Gasteiger partial charge in [0.1, 0.15) is 24.0 Å². The monoisotopic (exact) mass is 772 g/mol. The van der Waals surface area contributed by atoms with E-state index in [0.29, 0.717) is 0 Å². The zero-order valence-corrected chi connectivity index (χ0v) is 29.7. The van der Waals surface area contributed by atoms with E-state index in [0.717, 1.165) is 0 Å². The Morgan fingerprint density at radius 2 is 1.00 bits per heavy atom. The maximum atomic E-state index is 13.8. The van der Waals surface area contributed by atoms with Gasteiger partial charge >= 0.3 is 29.5 Å². The van der Waals surface area contributed by atoms with Crippen molar-refractivity contribution in [2.24, 2.45) is 0 Å².